The van der Waals surface area contributed by atoms with Crippen LogP contribution in [-0.4, -0.2) is 6.54 Å². The molecule has 2 aromatic rings. The second kappa shape index (κ2) is 10.0. The van der Waals surface area contributed by atoms with Crippen LogP contribution in [0.4, 0.5) is 0 Å². The number of hydrogen-bond acceptors (Lipinski definition) is 1. The van der Waals surface area contributed by atoms with Gasteiger partial charge in [-0.15, -0.1) is 6.42 Å². The Balaban J connectivity index is 2.03. The zero-order valence-corrected chi connectivity index (χ0v) is 17.4. The van der Waals surface area contributed by atoms with E-state index < -0.39 is 0 Å². The van der Waals surface area contributed by atoms with E-state index in [1.807, 2.05) is 12.1 Å². The first-order chi connectivity index (χ1) is 13.0. The Morgan fingerprint density at radius 3 is 2.30 bits per heavy atom. The number of terminal acetylenes is 1. The average Bonchev–Trinajstić information content (AvgIpc) is 2.70. The van der Waals surface area contributed by atoms with Gasteiger partial charge in [0, 0.05) is 23.4 Å². The van der Waals surface area contributed by atoms with Gasteiger partial charge in [-0.25, -0.2) is 0 Å². The van der Waals surface area contributed by atoms with Crippen LogP contribution in [0.1, 0.15) is 72.9 Å². The predicted octanol–water partition coefficient (Wildman–Crippen LogP) is 6.25. The van der Waals surface area contributed by atoms with Gasteiger partial charge >= 0.3 is 0 Å². The van der Waals surface area contributed by atoms with Crippen molar-refractivity contribution in [2.24, 2.45) is 0 Å². The number of nitrogens with one attached hydrogen (secondary N) is 1. The topological polar surface area (TPSA) is 12.0 Å². The van der Waals surface area contributed by atoms with Crippen LogP contribution < -0.4 is 5.32 Å². The normalized spacial score (nSPS) is 11.7. The van der Waals surface area contributed by atoms with Gasteiger partial charge in [0.15, 0.2) is 0 Å². The van der Waals surface area contributed by atoms with E-state index in [1.165, 1.54) is 27.8 Å². The van der Waals surface area contributed by atoms with E-state index in [1.54, 1.807) is 0 Å². The molecule has 1 atom stereocenters. The van der Waals surface area contributed by atoms with Gasteiger partial charge in [0.05, 0.1) is 0 Å². The zero-order valence-electron chi connectivity index (χ0n) is 17.4. The summed E-state index contributed by atoms with van der Waals surface area (Å²) in [6, 6.07) is 13.1. The minimum atomic E-state index is 0.534. The fraction of sp³-hybridized carbons (Fsp3) is 0.385. The van der Waals surface area contributed by atoms with Gasteiger partial charge in [-0.1, -0.05) is 51.5 Å². The summed E-state index contributed by atoms with van der Waals surface area (Å²) < 4.78 is 0. The third-order valence-corrected chi connectivity index (χ3v) is 5.52. The summed E-state index contributed by atoms with van der Waals surface area (Å²) in [5.74, 6) is 3.22. The Labute approximate surface area is 165 Å². The minimum absolute atomic E-state index is 0.534. The summed E-state index contributed by atoms with van der Waals surface area (Å²) in [6.45, 7) is 14.1. The molecule has 0 aromatic heterocycles. The van der Waals surface area contributed by atoms with Crippen molar-refractivity contribution in [2.45, 2.75) is 59.3 Å². The van der Waals surface area contributed by atoms with Crippen LogP contribution in [-0.2, 0) is 12.8 Å². The van der Waals surface area contributed by atoms with Crippen LogP contribution in [0.3, 0.4) is 0 Å². The molecule has 1 nitrogen and oxygen atoms in total. The first-order valence-corrected chi connectivity index (χ1v) is 10.2. The molecule has 2 rings (SSSR count). The summed E-state index contributed by atoms with van der Waals surface area (Å²) in [6.07, 6.45) is 9.75. The Hall–Kier alpha value is -2.46. The van der Waals surface area contributed by atoms with Crippen molar-refractivity contribution in [3.05, 3.63) is 76.4 Å². The van der Waals surface area contributed by atoms with E-state index in [0.717, 1.165) is 43.5 Å². The van der Waals surface area contributed by atoms with Crippen molar-refractivity contribution in [3.8, 4) is 12.3 Å². The number of aryl methyl sites for hydroxylation is 3. The number of benzene rings is 2. The van der Waals surface area contributed by atoms with Crippen molar-refractivity contribution in [1.29, 1.82) is 0 Å². The van der Waals surface area contributed by atoms with E-state index in [0.29, 0.717) is 5.92 Å². The first-order valence-electron chi connectivity index (χ1n) is 10.2. The summed E-state index contributed by atoms with van der Waals surface area (Å²) in [7, 11) is 0. The SMILES string of the molecule is C#Cc1ccc(C(CC)CCNC(=C)c2cc(CC)c(C)cc2CC)cc1. The third-order valence-electron chi connectivity index (χ3n) is 5.52. The van der Waals surface area contributed by atoms with E-state index in [9.17, 15) is 0 Å². The Morgan fingerprint density at radius 1 is 1.07 bits per heavy atom. The molecule has 0 spiro atoms. The molecule has 1 unspecified atom stereocenters. The van der Waals surface area contributed by atoms with E-state index in [-0.39, 0.29) is 0 Å². The summed E-state index contributed by atoms with van der Waals surface area (Å²) in [5, 5.41) is 3.57. The largest absolute Gasteiger partial charge is 0.385 e. The van der Waals surface area contributed by atoms with Crippen molar-refractivity contribution in [2.75, 3.05) is 6.54 Å². The molecular weight excluding hydrogens is 326 g/mol. The Morgan fingerprint density at radius 2 is 1.74 bits per heavy atom. The van der Waals surface area contributed by atoms with Gasteiger partial charge in [0.1, 0.15) is 0 Å². The minimum Gasteiger partial charge on any atom is -0.385 e. The number of hydrogen-bond donors (Lipinski definition) is 1. The molecule has 0 bridgehead atoms. The molecule has 142 valence electrons. The van der Waals surface area contributed by atoms with Gasteiger partial charge in [-0.05, 0) is 79.0 Å². The van der Waals surface area contributed by atoms with Gasteiger partial charge in [0.2, 0.25) is 0 Å². The van der Waals surface area contributed by atoms with Crippen LogP contribution in [0.25, 0.3) is 5.70 Å². The van der Waals surface area contributed by atoms with Gasteiger partial charge in [0.25, 0.3) is 0 Å². The van der Waals surface area contributed by atoms with Crippen LogP contribution in [0.15, 0.2) is 43.0 Å². The Kier molecular flexibility index (Phi) is 7.74. The van der Waals surface area contributed by atoms with E-state index in [4.69, 9.17) is 6.42 Å². The zero-order chi connectivity index (χ0) is 19.8. The molecule has 0 saturated carbocycles. The molecule has 0 aliphatic carbocycles. The molecule has 0 saturated heterocycles. The predicted molar refractivity (Wildman–Crippen MR) is 119 cm³/mol. The maximum absolute atomic E-state index is 5.46. The molecule has 0 aliphatic heterocycles. The lowest BCUT2D eigenvalue weighted by Gasteiger charge is -2.19. The Bertz CT molecular complexity index is 805. The van der Waals surface area contributed by atoms with Crippen LogP contribution in [0.5, 0.6) is 0 Å². The average molecular weight is 360 g/mol. The highest BCUT2D eigenvalue weighted by molar-refractivity contribution is 5.66. The van der Waals surface area contributed by atoms with Crippen molar-refractivity contribution in [1.82, 2.24) is 5.32 Å². The number of rotatable bonds is 9. The van der Waals surface area contributed by atoms with Crippen molar-refractivity contribution in [3.63, 3.8) is 0 Å². The van der Waals surface area contributed by atoms with E-state index >= 15 is 0 Å². The smallest absolute Gasteiger partial charge is 0.0343 e. The van der Waals surface area contributed by atoms with Gasteiger partial charge in [-0.2, -0.15) is 0 Å². The highest BCUT2D eigenvalue weighted by atomic mass is 14.9. The molecule has 1 N–H and O–H groups in total. The monoisotopic (exact) mass is 359 g/mol. The van der Waals surface area contributed by atoms with Crippen LogP contribution in [0, 0.1) is 19.3 Å². The van der Waals surface area contributed by atoms with Crippen molar-refractivity contribution < 1.29 is 0 Å². The maximum atomic E-state index is 5.46. The standard InChI is InChI=1S/C26H33N/c1-7-21-11-13-25(14-12-21)22(8-2)15-16-27-20(6)26-18-23(9-3)19(5)17-24(26)10-4/h1,11-14,17-18,22,27H,6,8-10,15-16H2,2-5H3. The molecule has 1 heteroatoms. The molecule has 0 heterocycles. The fourth-order valence-electron chi connectivity index (χ4n) is 3.72. The maximum Gasteiger partial charge on any atom is 0.0343 e. The molecule has 0 amide bonds. The quantitative estimate of drug-likeness (QED) is 0.522. The van der Waals surface area contributed by atoms with Crippen LogP contribution in [0.2, 0.25) is 0 Å². The van der Waals surface area contributed by atoms with Crippen LogP contribution >= 0.6 is 0 Å². The first kappa shape index (κ1) is 20.8. The third kappa shape index (κ3) is 5.27. The molecule has 0 aliphatic rings. The molecular formula is C26H33N. The molecule has 0 radical (unpaired) electrons. The molecule has 0 fully saturated rings. The lowest BCUT2D eigenvalue weighted by atomic mass is 9.92. The lowest BCUT2D eigenvalue weighted by Crippen LogP contribution is -2.17. The van der Waals surface area contributed by atoms with Crippen molar-refractivity contribution >= 4 is 5.70 Å². The fourth-order valence-corrected chi connectivity index (χ4v) is 3.72. The lowest BCUT2D eigenvalue weighted by molar-refractivity contribution is 0.593. The summed E-state index contributed by atoms with van der Waals surface area (Å²) in [4.78, 5) is 0. The highest BCUT2D eigenvalue weighted by Gasteiger charge is 2.11. The van der Waals surface area contributed by atoms with E-state index in [2.05, 4.69) is 69.8 Å². The molecule has 2 aromatic carbocycles. The second-order valence-electron chi connectivity index (χ2n) is 7.21. The summed E-state index contributed by atoms with van der Waals surface area (Å²) >= 11 is 0. The highest BCUT2D eigenvalue weighted by Crippen LogP contribution is 2.25. The second-order valence-corrected chi connectivity index (χ2v) is 7.21. The van der Waals surface area contributed by atoms with Gasteiger partial charge < -0.3 is 5.32 Å². The molecule has 27 heavy (non-hydrogen) atoms. The van der Waals surface area contributed by atoms with Gasteiger partial charge in [-0.3, -0.25) is 0 Å². The summed E-state index contributed by atoms with van der Waals surface area (Å²) in [5.41, 5.74) is 8.78.